The van der Waals surface area contributed by atoms with Crippen molar-refractivity contribution < 1.29 is 24.3 Å². The van der Waals surface area contributed by atoms with E-state index in [0.717, 1.165) is 0 Å². The Bertz CT molecular complexity index is 1080. The maximum atomic E-state index is 12.3. The minimum atomic E-state index is -1.29. The van der Waals surface area contributed by atoms with Crippen LogP contribution in [0.1, 0.15) is 35.2 Å². The van der Waals surface area contributed by atoms with Crippen LogP contribution in [0.4, 0.5) is 17.5 Å². The Labute approximate surface area is 188 Å². The van der Waals surface area contributed by atoms with Crippen LogP contribution >= 0.6 is 0 Å². The number of hydrogen-bond acceptors (Lipinski definition) is 8. The number of carbonyl (C=O) groups excluding carboxylic acids is 3. The van der Waals surface area contributed by atoms with Crippen molar-refractivity contribution in [3.05, 3.63) is 45.7 Å². The Hall–Kier alpha value is -4.42. The fourth-order valence-electron chi connectivity index (χ4n) is 3.03. The van der Waals surface area contributed by atoms with Crippen LogP contribution in [0.25, 0.3) is 0 Å². The van der Waals surface area contributed by atoms with Crippen LogP contribution in [-0.2, 0) is 20.8 Å². The molecule has 0 saturated carbocycles. The zero-order valence-corrected chi connectivity index (χ0v) is 17.6. The number of nitrogens with two attached hydrogens (primary N) is 3. The number of rotatable bonds is 12. The van der Waals surface area contributed by atoms with Gasteiger partial charge in [-0.25, -0.2) is 4.79 Å². The Morgan fingerprint density at radius 3 is 2.42 bits per heavy atom. The number of carboxylic acid groups (broad SMARTS) is 1. The second-order valence-electron chi connectivity index (χ2n) is 7.13. The summed E-state index contributed by atoms with van der Waals surface area (Å²) in [6.45, 7) is 0.256. The van der Waals surface area contributed by atoms with Crippen molar-refractivity contribution in [3.63, 3.8) is 0 Å². The molecule has 0 radical (unpaired) electrons. The van der Waals surface area contributed by atoms with Gasteiger partial charge in [0.25, 0.3) is 11.5 Å². The molecule has 1 aromatic heterocycles. The van der Waals surface area contributed by atoms with Gasteiger partial charge in [0.15, 0.2) is 0 Å². The molecule has 1 atom stereocenters. The first-order chi connectivity index (χ1) is 15.6. The van der Waals surface area contributed by atoms with Gasteiger partial charge >= 0.3 is 5.97 Å². The number of hydrogen-bond donors (Lipinski definition) is 6. The van der Waals surface area contributed by atoms with Crippen LogP contribution in [0, 0.1) is 0 Å². The van der Waals surface area contributed by atoms with Gasteiger partial charge in [-0.3, -0.25) is 24.2 Å². The summed E-state index contributed by atoms with van der Waals surface area (Å²) in [5.74, 6) is -2.67. The number of carbonyl (C=O) groups is 4. The predicted octanol–water partition coefficient (Wildman–Crippen LogP) is -1.02. The maximum absolute atomic E-state index is 12.3. The zero-order chi connectivity index (χ0) is 24.5. The number of nitrogens with one attached hydrogen (secondary N) is 2. The number of nitrogens with zero attached hydrogens (tertiary/aromatic N) is 2. The average molecular weight is 459 g/mol. The van der Waals surface area contributed by atoms with Gasteiger partial charge in [-0.2, -0.15) is 4.98 Å². The van der Waals surface area contributed by atoms with Gasteiger partial charge < -0.3 is 32.5 Å². The van der Waals surface area contributed by atoms with Gasteiger partial charge in [0.05, 0.1) is 5.56 Å². The first-order valence-corrected chi connectivity index (χ1v) is 9.90. The molecule has 0 aliphatic rings. The highest BCUT2D eigenvalue weighted by molar-refractivity contribution is 5.97. The Morgan fingerprint density at radius 1 is 1.21 bits per heavy atom. The molecule has 0 saturated heterocycles. The monoisotopic (exact) mass is 459 g/mol. The minimum absolute atomic E-state index is 0.0276. The van der Waals surface area contributed by atoms with Crippen molar-refractivity contribution in [2.45, 2.75) is 31.7 Å². The molecular formula is C20H25N7O6. The lowest BCUT2D eigenvalue weighted by Crippen LogP contribution is -2.41. The minimum Gasteiger partial charge on any atom is -0.480 e. The van der Waals surface area contributed by atoms with E-state index < -0.39 is 29.4 Å². The number of carboxylic acids is 1. The van der Waals surface area contributed by atoms with Crippen molar-refractivity contribution in [1.82, 2.24) is 15.3 Å². The number of amides is 3. The lowest BCUT2D eigenvalue weighted by Gasteiger charge is -2.18. The molecule has 1 heterocycles. The fraction of sp³-hybridized carbons (Fsp3) is 0.300. The van der Waals surface area contributed by atoms with Crippen molar-refractivity contribution in [3.8, 4) is 0 Å². The number of nitrogen functional groups attached to an aromatic ring is 2. The van der Waals surface area contributed by atoms with E-state index in [0.29, 0.717) is 18.5 Å². The first kappa shape index (κ1) is 24.8. The lowest BCUT2D eigenvalue weighted by molar-refractivity contribution is -0.139. The van der Waals surface area contributed by atoms with Crippen LogP contribution in [0.3, 0.4) is 0 Å². The van der Waals surface area contributed by atoms with Crippen molar-refractivity contribution in [2.24, 2.45) is 5.73 Å². The molecule has 13 heteroatoms. The van der Waals surface area contributed by atoms with Gasteiger partial charge in [0.1, 0.15) is 11.9 Å². The first-order valence-electron chi connectivity index (χ1n) is 9.90. The van der Waals surface area contributed by atoms with E-state index in [1.807, 2.05) is 0 Å². The summed E-state index contributed by atoms with van der Waals surface area (Å²) in [4.78, 5) is 65.5. The fourth-order valence-corrected chi connectivity index (χ4v) is 3.03. The molecule has 9 N–H and O–H groups in total. The molecule has 0 fully saturated rings. The number of aliphatic carboxylic acids is 1. The maximum Gasteiger partial charge on any atom is 0.326 e. The van der Waals surface area contributed by atoms with E-state index in [-0.39, 0.29) is 48.7 Å². The summed E-state index contributed by atoms with van der Waals surface area (Å²) < 4.78 is 0. The number of anilines is 3. The highest BCUT2D eigenvalue weighted by atomic mass is 16.4. The molecule has 33 heavy (non-hydrogen) atoms. The highest BCUT2D eigenvalue weighted by Crippen LogP contribution is 2.16. The topological polar surface area (TPSA) is 228 Å². The number of aromatic nitrogens is 2. The van der Waals surface area contributed by atoms with Gasteiger partial charge in [-0.05, 0) is 43.5 Å². The van der Waals surface area contributed by atoms with Crippen LogP contribution in [0.5, 0.6) is 0 Å². The third-order valence-corrected chi connectivity index (χ3v) is 4.76. The van der Waals surface area contributed by atoms with E-state index >= 15 is 0 Å². The van der Waals surface area contributed by atoms with Crippen LogP contribution < -0.4 is 33.0 Å². The standard InChI is InChI=1S/C20H25N7O6/c21-15(29)8-7-14(19(32)33)24-17(30)11-3-5-12(6-4-11)27(10-28)9-1-2-13-16(22)25-20(23)26-18(13)31/h3-6,10,14H,1-2,7-9H2,(H2,21,29)(H,24,30)(H,32,33)(H5,22,23,25,26,31)/t14-/m0/s1. The summed E-state index contributed by atoms with van der Waals surface area (Å²) in [5.41, 5.74) is 16.7. The molecule has 176 valence electrons. The third-order valence-electron chi connectivity index (χ3n) is 4.76. The van der Waals surface area contributed by atoms with E-state index in [1.54, 1.807) is 0 Å². The van der Waals surface area contributed by atoms with Crippen molar-refractivity contribution in [2.75, 3.05) is 22.9 Å². The summed E-state index contributed by atoms with van der Waals surface area (Å²) >= 11 is 0. The van der Waals surface area contributed by atoms with Crippen LogP contribution in [-0.4, -0.2) is 51.9 Å². The van der Waals surface area contributed by atoms with E-state index in [9.17, 15) is 29.1 Å². The summed E-state index contributed by atoms with van der Waals surface area (Å²) in [6, 6.07) is 4.64. The number of primary amides is 1. The van der Waals surface area contributed by atoms with E-state index in [4.69, 9.17) is 17.2 Å². The number of H-pyrrole nitrogens is 1. The molecule has 13 nitrogen and oxygen atoms in total. The van der Waals surface area contributed by atoms with Crippen LogP contribution in [0.2, 0.25) is 0 Å². The molecule has 1 aromatic carbocycles. The highest BCUT2D eigenvalue weighted by Gasteiger charge is 2.21. The molecule has 0 aliphatic heterocycles. The molecule has 2 aromatic rings. The normalized spacial score (nSPS) is 11.4. The molecule has 0 aliphatic carbocycles. The second kappa shape index (κ2) is 11.3. The second-order valence-corrected chi connectivity index (χ2v) is 7.13. The Morgan fingerprint density at radius 2 is 1.88 bits per heavy atom. The summed E-state index contributed by atoms with van der Waals surface area (Å²) in [6.07, 6.45) is 0.952. The van der Waals surface area contributed by atoms with Crippen molar-refractivity contribution in [1.29, 1.82) is 0 Å². The molecule has 0 bridgehead atoms. The Kier molecular flexibility index (Phi) is 8.49. The van der Waals surface area contributed by atoms with Crippen LogP contribution in [0.15, 0.2) is 29.1 Å². The summed E-state index contributed by atoms with van der Waals surface area (Å²) in [7, 11) is 0. The van der Waals surface area contributed by atoms with Gasteiger partial charge in [0, 0.05) is 24.2 Å². The summed E-state index contributed by atoms with van der Waals surface area (Å²) in [5, 5.41) is 11.5. The van der Waals surface area contributed by atoms with Crippen molar-refractivity contribution >= 4 is 41.6 Å². The smallest absolute Gasteiger partial charge is 0.326 e. The van der Waals surface area contributed by atoms with Gasteiger partial charge in [0.2, 0.25) is 18.3 Å². The van der Waals surface area contributed by atoms with E-state index in [2.05, 4.69) is 15.3 Å². The van der Waals surface area contributed by atoms with E-state index in [1.165, 1.54) is 29.2 Å². The Balaban J connectivity index is 1.99. The molecule has 0 spiro atoms. The van der Waals surface area contributed by atoms with Gasteiger partial charge in [-0.15, -0.1) is 0 Å². The molecule has 3 amide bonds. The third kappa shape index (κ3) is 7.05. The molecular weight excluding hydrogens is 434 g/mol. The SMILES string of the molecule is NC(=O)CC[C@H](NC(=O)c1ccc(N(C=O)CCCc2c(N)nc(N)[nH]c2=O)cc1)C(=O)O. The van der Waals surface area contributed by atoms with Gasteiger partial charge in [-0.1, -0.05) is 0 Å². The lowest BCUT2D eigenvalue weighted by atomic mass is 10.1. The average Bonchev–Trinajstić information content (AvgIpc) is 2.75. The molecule has 2 rings (SSSR count). The zero-order valence-electron chi connectivity index (χ0n) is 17.6. The predicted molar refractivity (Wildman–Crippen MR) is 119 cm³/mol. The molecule has 0 unspecified atom stereocenters. The largest absolute Gasteiger partial charge is 0.480 e. The quantitative estimate of drug-likeness (QED) is 0.213. The number of benzene rings is 1. The number of aromatic amines is 1.